The van der Waals surface area contributed by atoms with Crippen molar-refractivity contribution in [2.24, 2.45) is 4.40 Å². The molecular weight excluding hydrogens is 214 g/mol. The summed E-state index contributed by atoms with van der Waals surface area (Å²) in [7, 11) is -3.60. The number of aryl methyl sites for hydroxylation is 1. The summed E-state index contributed by atoms with van der Waals surface area (Å²) in [5.41, 5.74) is 1.00. The van der Waals surface area contributed by atoms with Gasteiger partial charge in [0.15, 0.2) is 6.40 Å². The lowest BCUT2D eigenvalue weighted by atomic mass is 10.2. The van der Waals surface area contributed by atoms with Crippen molar-refractivity contribution in [3.8, 4) is 0 Å². The molecule has 0 fully saturated rings. The van der Waals surface area contributed by atoms with E-state index in [0.29, 0.717) is 6.61 Å². The van der Waals surface area contributed by atoms with E-state index in [0.717, 1.165) is 12.0 Å². The average molecular weight is 227 g/mol. The number of nitrogens with zero attached hydrogens (tertiary/aromatic N) is 1. The smallest absolute Gasteiger partial charge is 0.285 e. The monoisotopic (exact) mass is 227 g/mol. The van der Waals surface area contributed by atoms with Crippen molar-refractivity contribution in [2.75, 3.05) is 6.61 Å². The Balaban J connectivity index is 2.91. The van der Waals surface area contributed by atoms with Gasteiger partial charge in [-0.2, -0.15) is 8.42 Å². The van der Waals surface area contributed by atoms with Gasteiger partial charge in [-0.05, 0) is 26.0 Å². The number of ether oxygens (including phenoxy) is 1. The van der Waals surface area contributed by atoms with Crippen molar-refractivity contribution in [3.05, 3.63) is 29.8 Å². The van der Waals surface area contributed by atoms with Crippen LogP contribution in [0.1, 0.15) is 12.5 Å². The fraction of sp³-hybridized carbons (Fsp3) is 0.300. The number of sulfonamides is 1. The molecule has 0 spiro atoms. The van der Waals surface area contributed by atoms with Crippen LogP contribution in [0, 0.1) is 6.92 Å². The van der Waals surface area contributed by atoms with E-state index in [4.69, 9.17) is 4.74 Å². The Bertz CT molecular complexity index is 434. The third kappa shape index (κ3) is 3.36. The molecule has 0 amide bonds. The van der Waals surface area contributed by atoms with Gasteiger partial charge in [-0.1, -0.05) is 17.7 Å². The van der Waals surface area contributed by atoms with Crippen molar-refractivity contribution in [1.82, 2.24) is 0 Å². The van der Waals surface area contributed by atoms with E-state index in [1.54, 1.807) is 19.1 Å². The second-order valence-corrected chi connectivity index (χ2v) is 4.59. The summed E-state index contributed by atoms with van der Waals surface area (Å²) in [6.07, 6.45) is 0.954. The molecule has 0 radical (unpaired) electrons. The zero-order valence-electron chi connectivity index (χ0n) is 8.67. The first kappa shape index (κ1) is 11.7. The molecule has 15 heavy (non-hydrogen) atoms. The Kier molecular flexibility index (Phi) is 3.85. The molecule has 0 aromatic heterocycles. The normalized spacial score (nSPS) is 11.9. The molecule has 4 nitrogen and oxygen atoms in total. The van der Waals surface area contributed by atoms with E-state index in [2.05, 4.69) is 4.40 Å². The number of benzene rings is 1. The maximum atomic E-state index is 11.5. The Morgan fingerprint density at radius 3 is 2.47 bits per heavy atom. The van der Waals surface area contributed by atoms with Crippen LogP contribution in [0.3, 0.4) is 0 Å². The molecule has 0 unspecified atom stereocenters. The molecule has 1 aromatic rings. The van der Waals surface area contributed by atoms with Gasteiger partial charge >= 0.3 is 0 Å². The lowest BCUT2D eigenvalue weighted by Crippen LogP contribution is -1.98. The molecule has 1 rings (SSSR count). The topological polar surface area (TPSA) is 55.7 Å². The molecule has 5 heteroatoms. The van der Waals surface area contributed by atoms with Gasteiger partial charge in [0.2, 0.25) is 0 Å². The summed E-state index contributed by atoms with van der Waals surface area (Å²) < 4.78 is 31.2. The zero-order valence-corrected chi connectivity index (χ0v) is 9.49. The van der Waals surface area contributed by atoms with Gasteiger partial charge < -0.3 is 4.74 Å². The SMILES string of the molecule is CCO/C=N\S(=O)(=O)c1ccc(C)cc1. The van der Waals surface area contributed by atoms with Crippen LogP contribution in [-0.4, -0.2) is 21.4 Å². The van der Waals surface area contributed by atoms with E-state index >= 15 is 0 Å². The van der Waals surface area contributed by atoms with E-state index in [-0.39, 0.29) is 4.90 Å². The summed E-state index contributed by atoms with van der Waals surface area (Å²) in [4.78, 5) is 0.170. The van der Waals surface area contributed by atoms with Gasteiger partial charge in [-0.15, -0.1) is 4.40 Å². The predicted octanol–water partition coefficient (Wildman–Crippen LogP) is 1.75. The third-order valence-electron chi connectivity index (χ3n) is 1.74. The van der Waals surface area contributed by atoms with Crippen LogP contribution in [0.4, 0.5) is 0 Å². The molecule has 0 N–H and O–H groups in total. The van der Waals surface area contributed by atoms with Crippen LogP contribution in [0.2, 0.25) is 0 Å². The van der Waals surface area contributed by atoms with Gasteiger partial charge in [0.25, 0.3) is 10.0 Å². The summed E-state index contributed by atoms with van der Waals surface area (Å²) >= 11 is 0. The second-order valence-electron chi connectivity index (χ2n) is 2.95. The fourth-order valence-electron chi connectivity index (χ4n) is 0.933. The van der Waals surface area contributed by atoms with Crippen LogP contribution in [0.25, 0.3) is 0 Å². The highest BCUT2D eigenvalue weighted by atomic mass is 32.2. The zero-order chi connectivity index (χ0) is 11.3. The Morgan fingerprint density at radius 2 is 1.93 bits per heavy atom. The molecule has 0 heterocycles. The van der Waals surface area contributed by atoms with Crippen LogP contribution in [0.5, 0.6) is 0 Å². The standard InChI is InChI=1S/C10H13NO3S/c1-3-14-8-11-15(12,13)10-6-4-9(2)5-7-10/h4-8H,3H2,1-2H3/b11-8-. The highest BCUT2D eigenvalue weighted by Crippen LogP contribution is 2.12. The van der Waals surface area contributed by atoms with Crippen LogP contribution < -0.4 is 0 Å². The van der Waals surface area contributed by atoms with E-state index in [9.17, 15) is 8.42 Å². The van der Waals surface area contributed by atoms with Gasteiger partial charge in [0, 0.05) is 0 Å². The molecule has 0 saturated carbocycles. The first-order valence-electron chi connectivity index (χ1n) is 4.53. The van der Waals surface area contributed by atoms with Crippen LogP contribution in [-0.2, 0) is 14.8 Å². The Labute approximate surface area is 89.7 Å². The quantitative estimate of drug-likeness (QED) is 0.581. The van der Waals surface area contributed by atoms with Crippen molar-refractivity contribution in [3.63, 3.8) is 0 Å². The third-order valence-corrected chi connectivity index (χ3v) is 2.97. The Hall–Kier alpha value is -1.36. The lowest BCUT2D eigenvalue weighted by Gasteiger charge is -1.98. The van der Waals surface area contributed by atoms with Crippen molar-refractivity contribution >= 4 is 16.4 Å². The van der Waals surface area contributed by atoms with E-state index in [1.165, 1.54) is 12.1 Å². The summed E-state index contributed by atoms with van der Waals surface area (Å²) in [5.74, 6) is 0. The predicted molar refractivity (Wildman–Crippen MR) is 58.5 cm³/mol. The average Bonchev–Trinajstić information content (AvgIpc) is 2.18. The fourth-order valence-corrected chi connectivity index (χ4v) is 1.71. The molecule has 0 bridgehead atoms. The molecule has 0 saturated heterocycles. The molecular formula is C10H13NO3S. The first-order valence-corrected chi connectivity index (χ1v) is 5.97. The number of hydrogen-bond acceptors (Lipinski definition) is 3. The molecule has 0 aliphatic rings. The minimum atomic E-state index is -3.60. The van der Waals surface area contributed by atoms with E-state index in [1.807, 2.05) is 6.92 Å². The highest BCUT2D eigenvalue weighted by Gasteiger charge is 2.10. The number of hydrogen-bond donors (Lipinski definition) is 0. The van der Waals surface area contributed by atoms with Crippen LogP contribution in [0.15, 0.2) is 33.6 Å². The van der Waals surface area contributed by atoms with Gasteiger partial charge in [0.1, 0.15) is 0 Å². The second kappa shape index (κ2) is 4.93. The molecule has 0 atom stereocenters. The molecule has 1 aromatic carbocycles. The van der Waals surface area contributed by atoms with Gasteiger partial charge in [-0.25, -0.2) is 0 Å². The van der Waals surface area contributed by atoms with Gasteiger partial charge in [0.05, 0.1) is 11.5 Å². The largest absolute Gasteiger partial charge is 0.483 e. The maximum absolute atomic E-state index is 11.5. The highest BCUT2D eigenvalue weighted by molar-refractivity contribution is 7.90. The minimum Gasteiger partial charge on any atom is -0.483 e. The summed E-state index contributed by atoms with van der Waals surface area (Å²) in [6.45, 7) is 4.04. The molecule has 0 aliphatic heterocycles. The van der Waals surface area contributed by atoms with E-state index < -0.39 is 10.0 Å². The van der Waals surface area contributed by atoms with Crippen molar-refractivity contribution < 1.29 is 13.2 Å². The first-order chi connectivity index (χ1) is 7.06. The number of rotatable bonds is 4. The van der Waals surface area contributed by atoms with Gasteiger partial charge in [-0.3, -0.25) is 0 Å². The lowest BCUT2D eigenvalue weighted by molar-refractivity contribution is 0.344. The summed E-state index contributed by atoms with van der Waals surface area (Å²) in [6, 6.07) is 6.49. The minimum absolute atomic E-state index is 0.170. The maximum Gasteiger partial charge on any atom is 0.285 e. The van der Waals surface area contributed by atoms with Crippen molar-refractivity contribution in [2.45, 2.75) is 18.7 Å². The van der Waals surface area contributed by atoms with Crippen LogP contribution >= 0.6 is 0 Å². The summed E-state index contributed by atoms with van der Waals surface area (Å²) in [5, 5.41) is 0. The van der Waals surface area contributed by atoms with Crippen molar-refractivity contribution in [1.29, 1.82) is 0 Å². The molecule has 0 aliphatic carbocycles. The Morgan fingerprint density at radius 1 is 1.33 bits per heavy atom. The molecule has 82 valence electrons.